The Balaban J connectivity index is 1.92. The zero-order valence-corrected chi connectivity index (χ0v) is 14.2. The summed E-state index contributed by atoms with van der Waals surface area (Å²) >= 11 is 5.85. The fourth-order valence-corrected chi connectivity index (χ4v) is 2.22. The molecule has 0 saturated carbocycles. The Hall–Kier alpha value is -2.14. The number of carbonyl (C=O) groups is 1. The van der Waals surface area contributed by atoms with Crippen LogP contribution in [0.5, 0.6) is 0 Å². The molecule has 0 radical (unpaired) electrons. The van der Waals surface area contributed by atoms with Gasteiger partial charge in [-0.1, -0.05) is 30.7 Å². The summed E-state index contributed by atoms with van der Waals surface area (Å²) in [6, 6.07) is 9.28. The summed E-state index contributed by atoms with van der Waals surface area (Å²) in [4.78, 5) is 20.7. The second kappa shape index (κ2) is 8.48. The van der Waals surface area contributed by atoms with Gasteiger partial charge < -0.3 is 10.6 Å². The van der Waals surface area contributed by atoms with Gasteiger partial charge in [-0.25, -0.2) is 9.97 Å². The molecule has 6 heteroatoms. The molecule has 2 aromatic rings. The average Bonchev–Trinajstić information content (AvgIpc) is 2.54. The van der Waals surface area contributed by atoms with Gasteiger partial charge in [-0.05, 0) is 37.5 Å². The molecule has 0 fully saturated rings. The van der Waals surface area contributed by atoms with Gasteiger partial charge >= 0.3 is 0 Å². The van der Waals surface area contributed by atoms with Crippen LogP contribution < -0.4 is 10.6 Å². The quantitative estimate of drug-likeness (QED) is 0.817. The first-order valence-electron chi connectivity index (χ1n) is 7.70. The average molecular weight is 333 g/mol. The number of anilines is 1. The largest absolute Gasteiger partial charge is 0.370 e. The van der Waals surface area contributed by atoms with Gasteiger partial charge in [0.25, 0.3) is 5.91 Å². The Morgan fingerprint density at radius 1 is 1.17 bits per heavy atom. The Morgan fingerprint density at radius 2 is 1.91 bits per heavy atom. The first-order chi connectivity index (χ1) is 11.1. The Kier molecular flexibility index (Phi) is 6.35. The molecule has 0 spiro atoms. The lowest BCUT2D eigenvalue weighted by Gasteiger charge is -2.08. The molecule has 1 aromatic heterocycles. The predicted molar refractivity (Wildman–Crippen MR) is 93.0 cm³/mol. The van der Waals surface area contributed by atoms with Gasteiger partial charge in [0.05, 0.1) is 0 Å². The van der Waals surface area contributed by atoms with Gasteiger partial charge in [0.1, 0.15) is 17.3 Å². The lowest BCUT2D eigenvalue weighted by molar-refractivity contribution is 0.0949. The minimum atomic E-state index is -0.191. The summed E-state index contributed by atoms with van der Waals surface area (Å²) in [5.41, 5.74) is 1.51. The molecule has 2 rings (SSSR count). The van der Waals surface area contributed by atoms with Crippen molar-refractivity contribution in [2.75, 3.05) is 18.4 Å². The van der Waals surface area contributed by atoms with Gasteiger partial charge in [0, 0.05) is 24.2 Å². The third kappa shape index (κ3) is 5.53. The van der Waals surface area contributed by atoms with E-state index in [0.29, 0.717) is 28.9 Å². The van der Waals surface area contributed by atoms with Crippen molar-refractivity contribution >= 4 is 23.3 Å². The van der Waals surface area contributed by atoms with Gasteiger partial charge in [0.15, 0.2) is 0 Å². The Bertz CT molecular complexity index is 658. The van der Waals surface area contributed by atoms with Crippen LogP contribution in [0.25, 0.3) is 0 Å². The fraction of sp³-hybridized carbons (Fsp3) is 0.353. The highest BCUT2D eigenvalue weighted by molar-refractivity contribution is 6.30. The summed E-state index contributed by atoms with van der Waals surface area (Å²) < 4.78 is 0. The van der Waals surface area contributed by atoms with Crippen LogP contribution in [-0.2, 0) is 6.42 Å². The van der Waals surface area contributed by atoms with Crippen LogP contribution in [0.2, 0.25) is 5.02 Å². The number of hydrogen-bond donors (Lipinski definition) is 2. The van der Waals surface area contributed by atoms with E-state index < -0.39 is 0 Å². The number of amides is 1. The van der Waals surface area contributed by atoms with Crippen molar-refractivity contribution in [3.63, 3.8) is 0 Å². The van der Waals surface area contributed by atoms with E-state index >= 15 is 0 Å². The van der Waals surface area contributed by atoms with Crippen molar-refractivity contribution in [1.82, 2.24) is 15.3 Å². The van der Waals surface area contributed by atoms with Crippen LogP contribution in [0.3, 0.4) is 0 Å². The van der Waals surface area contributed by atoms with E-state index in [9.17, 15) is 4.79 Å². The second-order valence-electron chi connectivity index (χ2n) is 5.24. The Labute approximate surface area is 141 Å². The monoisotopic (exact) mass is 332 g/mol. The molecule has 0 bridgehead atoms. The highest BCUT2D eigenvalue weighted by Crippen LogP contribution is 2.10. The Morgan fingerprint density at radius 3 is 2.61 bits per heavy atom. The van der Waals surface area contributed by atoms with Crippen LogP contribution >= 0.6 is 11.6 Å². The summed E-state index contributed by atoms with van der Waals surface area (Å²) in [5.74, 6) is 1.07. The first-order valence-corrected chi connectivity index (χ1v) is 8.08. The molecular weight excluding hydrogens is 312 g/mol. The maximum atomic E-state index is 12.2. The zero-order chi connectivity index (χ0) is 16.7. The second-order valence-corrected chi connectivity index (χ2v) is 5.68. The topological polar surface area (TPSA) is 66.9 Å². The van der Waals surface area contributed by atoms with Crippen molar-refractivity contribution in [3.8, 4) is 0 Å². The number of nitrogens with zero attached hydrogens (tertiary/aromatic N) is 2. The van der Waals surface area contributed by atoms with E-state index in [1.165, 1.54) is 0 Å². The van der Waals surface area contributed by atoms with Crippen LogP contribution in [0.4, 0.5) is 5.82 Å². The maximum absolute atomic E-state index is 12.2. The molecule has 5 nitrogen and oxygen atoms in total. The van der Waals surface area contributed by atoms with Crippen molar-refractivity contribution in [3.05, 3.63) is 52.4 Å². The lowest BCUT2D eigenvalue weighted by Crippen LogP contribution is -2.27. The van der Waals surface area contributed by atoms with E-state index in [1.807, 2.05) is 24.3 Å². The number of rotatable bonds is 7. The number of hydrogen-bond acceptors (Lipinski definition) is 4. The van der Waals surface area contributed by atoms with E-state index in [0.717, 1.165) is 24.9 Å². The van der Waals surface area contributed by atoms with Gasteiger partial charge in [-0.15, -0.1) is 0 Å². The summed E-state index contributed by atoms with van der Waals surface area (Å²) in [6.07, 6.45) is 1.74. The molecule has 0 atom stereocenters. The van der Waals surface area contributed by atoms with E-state index in [-0.39, 0.29) is 5.91 Å². The van der Waals surface area contributed by atoms with Crippen LogP contribution in [0.1, 0.15) is 35.2 Å². The SMILES string of the molecule is CCCNc1cc(C(=O)NCCc2ccc(Cl)cc2)nc(C)n1. The highest BCUT2D eigenvalue weighted by Gasteiger charge is 2.10. The number of carbonyl (C=O) groups excluding carboxylic acids is 1. The number of aromatic nitrogens is 2. The molecule has 1 heterocycles. The van der Waals surface area contributed by atoms with Gasteiger partial charge in [-0.3, -0.25) is 4.79 Å². The highest BCUT2D eigenvalue weighted by atomic mass is 35.5. The molecule has 1 aromatic carbocycles. The van der Waals surface area contributed by atoms with Gasteiger partial charge in [0.2, 0.25) is 0 Å². The standard InChI is InChI=1S/C17H21ClN4O/c1-3-9-19-16-11-15(21-12(2)22-16)17(23)20-10-8-13-4-6-14(18)7-5-13/h4-7,11H,3,8-10H2,1-2H3,(H,20,23)(H,19,21,22). The molecule has 0 unspecified atom stereocenters. The third-order valence-corrected chi connectivity index (χ3v) is 3.49. The van der Waals surface area contributed by atoms with E-state index in [2.05, 4.69) is 27.5 Å². The molecule has 2 N–H and O–H groups in total. The minimum absolute atomic E-state index is 0.191. The summed E-state index contributed by atoms with van der Waals surface area (Å²) in [7, 11) is 0. The van der Waals surface area contributed by atoms with Crippen molar-refractivity contribution in [2.45, 2.75) is 26.7 Å². The van der Waals surface area contributed by atoms with Crippen LogP contribution in [-0.4, -0.2) is 29.0 Å². The number of benzene rings is 1. The minimum Gasteiger partial charge on any atom is -0.370 e. The summed E-state index contributed by atoms with van der Waals surface area (Å²) in [6.45, 7) is 5.21. The third-order valence-electron chi connectivity index (χ3n) is 3.24. The first kappa shape index (κ1) is 17.2. The number of halogens is 1. The van der Waals surface area contributed by atoms with E-state index in [4.69, 9.17) is 11.6 Å². The molecule has 0 aliphatic heterocycles. The molecular formula is C17H21ClN4O. The van der Waals surface area contributed by atoms with Crippen LogP contribution in [0, 0.1) is 6.92 Å². The van der Waals surface area contributed by atoms with E-state index in [1.54, 1.807) is 13.0 Å². The van der Waals surface area contributed by atoms with Crippen molar-refractivity contribution in [1.29, 1.82) is 0 Å². The fourth-order valence-electron chi connectivity index (χ4n) is 2.09. The number of nitrogens with one attached hydrogen (secondary N) is 2. The van der Waals surface area contributed by atoms with Crippen LogP contribution in [0.15, 0.2) is 30.3 Å². The van der Waals surface area contributed by atoms with Gasteiger partial charge in [-0.2, -0.15) is 0 Å². The number of aryl methyl sites for hydroxylation is 1. The zero-order valence-electron chi connectivity index (χ0n) is 13.4. The smallest absolute Gasteiger partial charge is 0.270 e. The molecule has 0 saturated heterocycles. The molecule has 122 valence electrons. The van der Waals surface area contributed by atoms with Crippen molar-refractivity contribution in [2.24, 2.45) is 0 Å². The van der Waals surface area contributed by atoms with Crippen molar-refractivity contribution < 1.29 is 4.79 Å². The molecule has 1 amide bonds. The predicted octanol–water partition coefficient (Wildman–Crippen LogP) is 3.23. The maximum Gasteiger partial charge on any atom is 0.270 e. The molecule has 0 aliphatic carbocycles. The molecule has 23 heavy (non-hydrogen) atoms. The molecule has 0 aliphatic rings. The summed E-state index contributed by atoms with van der Waals surface area (Å²) in [5, 5.41) is 6.77. The lowest BCUT2D eigenvalue weighted by atomic mass is 10.1. The normalized spacial score (nSPS) is 10.4.